The minimum Gasteiger partial charge on any atom is -0.301 e. The average molecular weight is 245 g/mol. The molecule has 0 radical (unpaired) electrons. The van der Waals surface area contributed by atoms with Gasteiger partial charge in [0, 0.05) is 11.7 Å². The number of amides is 1. The van der Waals surface area contributed by atoms with E-state index in [9.17, 15) is 4.79 Å². The second-order valence-electron chi connectivity index (χ2n) is 3.11. The van der Waals surface area contributed by atoms with E-state index < -0.39 is 0 Å². The van der Waals surface area contributed by atoms with Crippen molar-refractivity contribution in [1.82, 2.24) is 10.2 Å². The van der Waals surface area contributed by atoms with E-state index in [4.69, 9.17) is 0 Å². The molecule has 0 saturated heterocycles. The monoisotopic (exact) mass is 245 g/mol. The van der Waals surface area contributed by atoms with Crippen molar-refractivity contribution in [2.75, 3.05) is 5.32 Å². The molecule has 1 unspecified atom stereocenters. The third-order valence-electron chi connectivity index (χ3n) is 1.85. The minimum atomic E-state index is -0.0220. The Morgan fingerprint density at radius 3 is 2.87 bits per heavy atom. The number of hydrogen-bond acceptors (Lipinski definition) is 5. The molecule has 1 atom stereocenters. The predicted molar refractivity (Wildman–Crippen MR) is 64.4 cm³/mol. The molecule has 1 aromatic heterocycles. The summed E-state index contributed by atoms with van der Waals surface area (Å²) in [6.45, 7) is 6.10. The van der Waals surface area contributed by atoms with Crippen LogP contribution in [0.4, 0.5) is 5.13 Å². The van der Waals surface area contributed by atoms with Crippen LogP contribution in [0.25, 0.3) is 0 Å². The molecule has 0 bridgehead atoms. The number of aromatic nitrogens is 2. The fraction of sp³-hybridized carbons (Fsp3) is 0.667. The van der Waals surface area contributed by atoms with Crippen LogP contribution in [0.15, 0.2) is 4.34 Å². The van der Waals surface area contributed by atoms with Gasteiger partial charge in [0.25, 0.3) is 0 Å². The zero-order valence-electron chi connectivity index (χ0n) is 9.11. The molecule has 1 amide bonds. The topological polar surface area (TPSA) is 54.9 Å². The number of rotatable bonds is 5. The molecule has 1 aromatic rings. The molecule has 0 aliphatic carbocycles. The van der Waals surface area contributed by atoms with E-state index in [0.717, 1.165) is 10.8 Å². The van der Waals surface area contributed by atoms with Crippen molar-refractivity contribution in [3.63, 3.8) is 0 Å². The number of thioether (sulfide) groups is 1. The third-order valence-corrected chi connectivity index (χ3v) is 4.04. The molecular formula is C9H15N3OS2. The van der Waals surface area contributed by atoms with Gasteiger partial charge in [-0.15, -0.1) is 10.2 Å². The Hall–Kier alpha value is -0.620. The highest BCUT2D eigenvalue weighted by Crippen LogP contribution is 2.29. The van der Waals surface area contributed by atoms with Gasteiger partial charge in [-0.1, -0.05) is 43.9 Å². The lowest BCUT2D eigenvalue weighted by Gasteiger charge is -2.02. The van der Waals surface area contributed by atoms with Crippen molar-refractivity contribution in [2.45, 2.75) is 43.2 Å². The summed E-state index contributed by atoms with van der Waals surface area (Å²) < 4.78 is 0.913. The van der Waals surface area contributed by atoms with Gasteiger partial charge in [0.1, 0.15) is 0 Å². The van der Waals surface area contributed by atoms with Crippen molar-refractivity contribution < 1.29 is 4.79 Å². The quantitative estimate of drug-likeness (QED) is 0.640. The zero-order valence-corrected chi connectivity index (χ0v) is 10.7. The van der Waals surface area contributed by atoms with Gasteiger partial charge in [0.2, 0.25) is 11.0 Å². The molecule has 0 aliphatic rings. The van der Waals surface area contributed by atoms with Gasteiger partial charge >= 0.3 is 0 Å². The van der Waals surface area contributed by atoms with Crippen LogP contribution < -0.4 is 5.32 Å². The van der Waals surface area contributed by atoms with Crippen LogP contribution in [0.3, 0.4) is 0 Å². The first kappa shape index (κ1) is 12.4. The second-order valence-corrected chi connectivity index (χ2v) is 5.77. The van der Waals surface area contributed by atoms with Gasteiger partial charge in [-0.3, -0.25) is 4.79 Å². The first-order valence-corrected chi connectivity index (χ1v) is 6.65. The van der Waals surface area contributed by atoms with Crippen LogP contribution in [-0.4, -0.2) is 21.4 Å². The van der Waals surface area contributed by atoms with E-state index in [1.54, 1.807) is 11.8 Å². The highest BCUT2D eigenvalue weighted by Gasteiger charge is 2.09. The van der Waals surface area contributed by atoms with Gasteiger partial charge in [0.15, 0.2) is 4.34 Å². The van der Waals surface area contributed by atoms with E-state index >= 15 is 0 Å². The van der Waals surface area contributed by atoms with Gasteiger partial charge < -0.3 is 5.32 Å². The van der Waals surface area contributed by atoms with Crippen LogP contribution in [-0.2, 0) is 4.79 Å². The molecule has 1 rings (SSSR count). The number of nitrogens with zero attached hydrogens (tertiary/aromatic N) is 2. The summed E-state index contributed by atoms with van der Waals surface area (Å²) in [5, 5.41) is 11.7. The van der Waals surface area contributed by atoms with Crippen LogP contribution in [0.5, 0.6) is 0 Å². The molecule has 0 spiro atoms. The second kappa shape index (κ2) is 6.07. The first-order chi connectivity index (χ1) is 7.15. The Morgan fingerprint density at radius 1 is 1.53 bits per heavy atom. The van der Waals surface area contributed by atoms with E-state index in [1.165, 1.54) is 11.3 Å². The Kier molecular flexibility index (Phi) is 5.04. The van der Waals surface area contributed by atoms with Gasteiger partial charge in [-0.25, -0.2) is 0 Å². The summed E-state index contributed by atoms with van der Waals surface area (Å²) in [5.41, 5.74) is 0. The molecule has 4 nitrogen and oxygen atoms in total. The van der Waals surface area contributed by atoms with Gasteiger partial charge in [0.05, 0.1) is 0 Å². The number of carbonyl (C=O) groups is 1. The van der Waals surface area contributed by atoms with Crippen LogP contribution in [0.1, 0.15) is 33.6 Å². The lowest BCUT2D eigenvalue weighted by atomic mass is 10.4. The minimum absolute atomic E-state index is 0.0220. The van der Waals surface area contributed by atoms with E-state index in [-0.39, 0.29) is 5.91 Å². The van der Waals surface area contributed by atoms with Gasteiger partial charge in [-0.05, 0) is 6.42 Å². The largest absolute Gasteiger partial charge is 0.301 e. The van der Waals surface area contributed by atoms with Crippen molar-refractivity contribution in [3.05, 3.63) is 0 Å². The molecule has 84 valence electrons. The van der Waals surface area contributed by atoms with Crippen LogP contribution in [0.2, 0.25) is 0 Å². The maximum Gasteiger partial charge on any atom is 0.225 e. The summed E-state index contributed by atoms with van der Waals surface area (Å²) in [5.74, 6) is -0.0220. The van der Waals surface area contributed by atoms with Crippen molar-refractivity contribution in [1.29, 1.82) is 0 Å². The molecule has 1 heterocycles. The summed E-state index contributed by atoms with van der Waals surface area (Å²) in [6.07, 6.45) is 1.56. The van der Waals surface area contributed by atoms with Crippen molar-refractivity contribution in [3.8, 4) is 0 Å². The van der Waals surface area contributed by atoms with Gasteiger partial charge in [-0.2, -0.15) is 0 Å². The maximum atomic E-state index is 11.1. The number of carbonyl (C=O) groups excluding carboxylic acids is 1. The molecule has 0 saturated carbocycles. The zero-order chi connectivity index (χ0) is 11.3. The molecule has 1 N–H and O–H groups in total. The summed E-state index contributed by atoms with van der Waals surface area (Å²) in [7, 11) is 0. The Labute approximate surface area is 97.9 Å². The van der Waals surface area contributed by atoms with E-state index in [2.05, 4.69) is 29.4 Å². The van der Waals surface area contributed by atoms with Crippen LogP contribution in [0, 0.1) is 0 Å². The molecule has 0 aliphatic heterocycles. The summed E-state index contributed by atoms with van der Waals surface area (Å²) >= 11 is 3.12. The Balaban J connectivity index is 2.52. The van der Waals surface area contributed by atoms with Crippen molar-refractivity contribution >= 4 is 34.1 Å². The van der Waals surface area contributed by atoms with Crippen molar-refractivity contribution in [2.24, 2.45) is 0 Å². The normalized spacial score (nSPS) is 12.5. The fourth-order valence-electron chi connectivity index (χ4n) is 0.771. The first-order valence-electron chi connectivity index (χ1n) is 4.95. The number of nitrogens with one attached hydrogen (secondary N) is 1. The van der Waals surface area contributed by atoms with E-state index in [0.29, 0.717) is 16.8 Å². The Morgan fingerprint density at radius 2 is 2.27 bits per heavy atom. The lowest BCUT2D eigenvalue weighted by molar-refractivity contribution is -0.115. The molecule has 0 aromatic carbocycles. The van der Waals surface area contributed by atoms with E-state index in [1.807, 2.05) is 6.92 Å². The lowest BCUT2D eigenvalue weighted by Crippen LogP contribution is -2.08. The number of anilines is 1. The molecular weight excluding hydrogens is 230 g/mol. The Bertz CT molecular complexity index is 327. The average Bonchev–Trinajstić information content (AvgIpc) is 2.65. The highest BCUT2D eigenvalue weighted by molar-refractivity contribution is 8.01. The molecule has 0 fully saturated rings. The SMILES string of the molecule is CCC(=O)Nc1nnc(SC(C)CC)s1. The fourth-order valence-corrected chi connectivity index (χ4v) is 2.79. The standard InChI is InChI=1S/C9H15N3OS2/c1-4-6(3)14-9-12-11-8(15-9)10-7(13)5-2/h6H,4-5H2,1-3H3,(H,10,11,13). The number of hydrogen-bond donors (Lipinski definition) is 1. The summed E-state index contributed by atoms with van der Waals surface area (Å²) in [6, 6.07) is 0. The van der Waals surface area contributed by atoms with Crippen LogP contribution >= 0.6 is 23.1 Å². The third kappa shape index (κ3) is 4.17. The smallest absolute Gasteiger partial charge is 0.225 e. The maximum absolute atomic E-state index is 11.1. The highest BCUT2D eigenvalue weighted by atomic mass is 32.2. The molecule has 15 heavy (non-hydrogen) atoms. The molecule has 6 heteroatoms. The predicted octanol–water partition coefficient (Wildman–Crippen LogP) is 2.78. The summed E-state index contributed by atoms with van der Waals surface area (Å²) in [4.78, 5) is 11.1.